The van der Waals surface area contributed by atoms with Crippen LogP contribution in [0.5, 0.6) is 0 Å². The number of benzene rings is 4. The molecule has 60 heavy (non-hydrogen) atoms. The van der Waals surface area contributed by atoms with Gasteiger partial charge in [0.05, 0.1) is 22.3 Å². The molecule has 4 amide bonds. The highest BCUT2D eigenvalue weighted by atomic mass is 16.6. The standard InChI is InChI=1S/C24H12N4O4.C14H4O6.C5H6N2.CH4/c29-21-13-7-9-15-20-16(24(32)28(23(15)31)18-6-2-4-12-26-18)10-8-14(19(13)20)22(30)27(21)17-5-1-3-11-25-17;15-11-5-1-2-6-10-8(14(18)20-12(6)16)4-3-7(9(5)10)13(17)19-11;6-5-3-1-2-4-7-5;/h1-12H;1-4H;1-4H,(H2,6,7);1H4. The minimum absolute atomic E-state index is 0. The topological polar surface area (TPSA) is 226 Å². The minimum Gasteiger partial charge on any atom is -0.386 e. The van der Waals surface area contributed by atoms with Crippen molar-refractivity contribution in [1.82, 2.24) is 15.0 Å². The van der Waals surface area contributed by atoms with E-state index in [1.807, 2.05) is 12.1 Å². The molecular formula is C44H26N6O10. The molecule has 0 spiro atoms. The van der Waals surface area contributed by atoms with E-state index in [4.69, 9.17) is 5.73 Å². The van der Waals surface area contributed by atoms with Crippen LogP contribution in [-0.4, -0.2) is 62.5 Å². The molecule has 0 saturated carbocycles. The molecule has 292 valence electrons. The van der Waals surface area contributed by atoms with Crippen molar-refractivity contribution in [3.05, 3.63) is 166 Å². The number of rotatable bonds is 2. The van der Waals surface area contributed by atoms with Gasteiger partial charge in [0.15, 0.2) is 0 Å². The molecule has 4 aliphatic heterocycles. The molecule has 0 bridgehead atoms. The number of hydrogen-bond acceptors (Lipinski definition) is 14. The smallest absolute Gasteiger partial charge is 0.346 e. The molecule has 4 aliphatic rings. The molecule has 16 nitrogen and oxygen atoms in total. The zero-order valence-electron chi connectivity index (χ0n) is 29.9. The molecule has 0 aliphatic carbocycles. The molecular weight excluding hydrogens is 773 g/mol. The third-order valence-corrected chi connectivity index (χ3v) is 9.75. The van der Waals surface area contributed by atoms with Gasteiger partial charge in [-0.15, -0.1) is 0 Å². The number of anilines is 3. The number of aromatic nitrogens is 3. The van der Waals surface area contributed by atoms with Crippen LogP contribution in [0.15, 0.2) is 122 Å². The van der Waals surface area contributed by atoms with Crippen LogP contribution in [0, 0.1) is 0 Å². The maximum Gasteiger partial charge on any atom is 0.346 e. The second-order valence-corrected chi connectivity index (χ2v) is 13.0. The molecule has 4 aromatic carbocycles. The van der Waals surface area contributed by atoms with Crippen molar-refractivity contribution >= 4 is 86.5 Å². The van der Waals surface area contributed by atoms with Crippen molar-refractivity contribution in [2.45, 2.75) is 7.43 Å². The Balaban J connectivity index is 0.000000151. The third-order valence-electron chi connectivity index (χ3n) is 9.75. The van der Waals surface area contributed by atoms with Crippen LogP contribution in [0.2, 0.25) is 0 Å². The minimum atomic E-state index is -0.794. The lowest BCUT2D eigenvalue weighted by Gasteiger charge is -2.31. The van der Waals surface area contributed by atoms with Gasteiger partial charge in [-0.2, -0.15) is 0 Å². The Morgan fingerprint density at radius 2 is 0.650 bits per heavy atom. The number of carbonyl (C=O) groups is 8. The Bertz CT molecular complexity index is 2740. The van der Waals surface area contributed by atoms with Gasteiger partial charge in [-0.3, -0.25) is 19.2 Å². The van der Waals surface area contributed by atoms with Gasteiger partial charge in [0, 0.05) is 62.4 Å². The van der Waals surface area contributed by atoms with Crippen LogP contribution in [0.3, 0.4) is 0 Å². The lowest BCUT2D eigenvalue weighted by atomic mass is 9.86. The van der Waals surface area contributed by atoms with Crippen LogP contribution < -0.4 is 15.5 Å². The number of nitrogen functional groups attached to an aromatic ring is 1. The molecule has 0 unspecified atom stereocenters. The van der Waals surface area contributed by atoms with Gasteiger partial charge >= 0.3 is 23.9 Å². The van der Waals surface area contributed by atoms with E-state index in [9.17, 15) is 38.4 Å². The Labute approximate surface area is 337 Å². The van der Waals surface area contributed by atoms with Gasteiger partial charge in [-0.25, -0.2) is 43.9 Å². The van der Waals surface area contributed by atoms with Crippen LogP contribution in [-0.2, 0) is 9.47 Å². The lowest BCUT2D eigenvalue weighted by Crippen LogP contribution is -2.44. The van der Waals surface area contributed by atoms with Crippen molar-refractivity contribution in [1.29, 1.82) is 0 Å². The number of imide groups is 2. The molecule has 0 fully saturated rings. The van der Waals surface area contributed by atoms with Crippen LogP contribution >= 0.6 is 0 Å². The Morgan fingerprint density at radius 1 is 0.367 bits per heavy atom. The largest absolute Gasteiger partial charge is 0.386 e. The van der Waals surface area contributed by atoms with Gasteiger partial charge in [0.1, 0.15) is 17.5 Å². The van der Waals surface area contributed by atoms with E-state index >= 15 is 0 Å². The number of nitrogens with two attached hydrogens (primary N) is 1. The molecule has 7 heterocycles. The predicted molar refractivity (Wildman–Crippen MR) is 214 cm³/mol. The average Bonchev–Trinajstić information content (AvgIpc) is 3.25. The summed E-state index contributed by atoms with van der Waals surface area (Å²) in [6, 6.07) is 26.9. The molecule has 0 saturated heterocycles. The fraction of sp³-hybridized carbons (Fsp3) is 0.0227. The molecule has 2 N–H and O–H groups in total. The summed E-state index contributed by atoms with van der Waals surface area (Å²) in [6.07, 6.45) is 4.65. The number of hydrogen-bond donors (Lipinski definition) is 1. The van der Waals surface area contributed by atoms with E-state index in [2.05, 4.69) is 24.4 Å². The van der Waals surface area contributed by atoms with Crippen LogP contribution in [0.25, 0.3) is 21.5 Å². The van der Waals surface area contributed by atoms with Crippen molar-refractivity contribution in [3.63, 3.8) is 0 Å². The van der Waals surface area contributed by atoms with Gasteiger partial charge in [-0.1, -0.05) is 25.6 Å². The molecule has 0 radical (unpaired) electrons. The average molecular weight is 799 g/mol. The number of ether oxygens (including phenoxy) is 2. The molecule has 7 aromatic rings. The lowest BCUT2D eigenvalue weighted by molar-refractivity contribution is 0.0366. The summed E-state index contributed by atoms with van der Waals surface area (Å²) in [5.41, 5.74) is 6.80. The third kappa shape index (κ3) is 5.90. The summed E-state index contributed by atoms with van der Waals surface area (Å²) in [6.45, 7) is 0. The van der Waals surface area contributed by atoms with Crippen molar-refractivity contribution in [2.24, 2.45) is 0 Å². The molecule has 3 aromatic heterocycles. The highest BCUT2D eigenvalue weighted by Gasteiger charge is 2.41. The number of amides is 4. The summed E-state index contributed by atoms with van der Waals surface area (Å²) < 4.78 is 9.22. The summed E-state index contributed by atoms with van der Waals surface area (Å²) in [4.78, 5) is 114. The number of cyclic esters (lactones) is 4. The summed E-state index contributed by atoms with van der Waals surface area (Å²) in [5, 5.41) is 1.16. The highest BCUT2D eigenvalue weighted by Crippen LogP contribution is 2.40. The van der Waals surface area contributed by atoms with E-state index in [-0.39, 0.29) is 74.3 Å². The normalized spacial score (nSPS) is 14.4. The van der Waals surface area contributed by atoms with Crippen LogP contribution in [0.1, 0.15) is 90.3 Å². The second-order valence-electron chi connectivity index (χ2n) is 13.0. The number of pyridine rings is 3. The zero-order chi connectivity index (χ0) is 41.1. The first-order valence-electron chi connectivity index (χ1n) is 17.5. The van der Waals surface area contributed by atoms with Crippen molar-refractivity contribution < 1.29 is 47.8 Å². The van der Waals surface area contributed by atoms with E-state index in [1.54, 1.807) is 48.7 Å². The first-order chi connectivity index (χ1) is 28.5. The quantitative estimate of drug-likeness (QED) is 0.120. The summed E-state index contributed by atoms with van der Waals surface area (Å²) >= 11 is 0. The van der Waals surface area contributed by atoms with Gasteiger partial charge in [-0.05, 0) is 84.9 Å². The van der Waals surface area contributed by atoms with Gasteiger partial charge in [0.2, 0.25) is 0 Å². The Hall–Kier alpha value is -8.79. The highest BCUT2D eigenvalue weighted by molar-refractivity contribution is 6.42. The first-order valence-corrected chi connectivity index (χ1v) is 17.5. The number of esters is 4. The fourth-order valence-electron chi connectivity index (χ4n) is 7.20. The van der Waals surface area contributed by atoms with Gasteiger partial charge in [0.25, 0.3) is 23.6 Å². The SMILES string of the molecule is C.Nc1ccccn1.O=C1OC(=O)c2ccc3c4c(ccc1c24)C(=O)OC3=O.O=C1c2ccc3c4c(ccc(c24)C(=O)N1c1ccccn1)C(=O)N(c1ccccn1)C3=O. The van der Waals surface area contributed by atoms with E-state index in [0.717, 1.165) is 9.80 Å². The Morgan fingerprint density at radius 3 is 0.900 bits per heavy atom. The van der Waals surface area contributed by atoms with E-state index < -0.39 is 47.5 Å². The summed E-state index contributed by atoms with van der Waals surface area (Å²) in [7, 11) is 0. The second kappa shape index (κ2) is 14.6. The maximum absolute atomic E-state index is 13.3. The van der Waals surface area contributed by atoms with Gasteiger partial charge < -0.3 is 15.2 Å². The van der Waals surface area contributed by atoms with Crippen molar-refractivity contribution in [3.8, 4) is 0 Å². The van der Waals surface area contributed by atoms with Crippen LogP contribution in [0.4, 0.5) is 17.5 Å². The monoisotopic (exact) mass is 798 g/mol. The Kier molecular flexibility index (Phi) is 9.28. The first kappa shape index (κ1) is 38.1. The van der Waals surface area contributed by atoms with E-state index in [0.29, 0.717) is 16.6 Å². The molecule has 11 rings (SSSR count). The fourth-order valence-corrected chi connectivity index (χ4v) is 7.20. The number of nitrogens with zero attached hydrogens (tertiary/aromatic N) is 5. The zero-order valence-corrected chi connectivity index (χ0v) is 29.9. The summed E-state index contributed by atoms with van der Waals surface area (Å²) in [5.74, 6) is -4.43. The predicted octanol–water partition coefficient (Wildman–Crippen LogP) is 5.99. The number of carbonyl (C=O) groups excluding carboxylic acids is 8. The molecule has 0 atom stereocenters. The van der Waals surface area contributed by atoms with Crippen molar-refractivity contribution in [2.75, 3.05) is 15.5 Å². The van der Waals surface area contributed by atoms with E-state index in [1.165, 1.54) is 60.9 Å². The maximum atomic E-state index is 13.3. The molecule has 16 heteroatoms.